The maximum Gasteiger partial charge on any atom is 0.155 e. The number of nitrogens with zero attached hydrogens (tertiary/aromatic N) is 1. The lowest BCUT2D eigenvalue weighted by Gasteiger charge is -2.28. The van der Waals surface area contributed by atoms with Gasteiger partial charge in [0.1, 0.15) is 4.87 Å². The van der Waals surface area contributed by atoms with Gasteiger partial charge in [-0.1, -0.05) is 41.1 Å². The number of allylic oxidation sites excluding steroid dienone is 4. The van der Waals surface area contributed by atoms with Crippen LogP contribution in [0.2, 0.25) is 0 Å². The lowest BCUT2D eigenvalue weighted by molar-refractivity contribution is -0.118. The highest BCUT2D eigenvalue weighted by Gasteiger charge is 2.41. The fourth-order valence-corrected chi connectivity index (χ4v) is 1.82. The van der Waals surface area contributed by atoms with E-state index in [0.29, 0.717) is 0 Å². The lowest BCUT2D eigenvalue weighted by atomic mass is 9.85. The second kappa shape index (κ2) is 4.15. The molecular formula is C9H9Cl2NO2. The van der Waals surface area contributed by atoms with Crippen molar-refractivity contribution in [2.75, 3.05) is 0 Å². The SMILES string of the molecule is CC(=O)C1(Cl)C=CC=CC1C(Cl)=NO. The zero-order valence-corrected chi connectivity index (χ0v) is 8.96. The zero-order valence-electron chi connectivity index (χ0n) is 7.45. The molecule has 1 aliphatic carbocycles. The molecule has 0 aromatic carbocycles. The second-order valence-electron chi connectivity index (χ2n) is 2.97. The van der Waals surface area contributed by atoms with E-state index >= 15 is 0 Å². The fourth-order valence-electron chi connectivity index (χ4n) is 1.27. The number of oxime groups is 1. The van der Waals surface area contributed by atoms with E-state index < -0.39 is 10.8 Å². The Morgan fingerprint density at radius 2 is 2.21 bits per heavy atom. The Kier molecular flexibility index (Phi) is 3.34. The van der Waals surface area contributed by atoms with Gasteiger partial charge in [-0.2, -0.15) is 0 Å². The van der Waals surface area contributed by atoms with Crippen LogP contribution in [-0.4, -0.2) is 21.0 Å². The number of Topliss-reactive ketones (excluding diaryl/α,β-unsaturated/α-hetero) is 1. The Bertz CT molecular complexity index is 336. The first-order valence-electron chi connectivity index (χ1n) is 3.96. The third-order valence-electron chi connectivity index (χ3n) is 2.10. The predicted molar refractivity (Wildman–Crippen MR) is 56.1 cm³/mol. The number of carbonyl (C=O) groups is 1. The van der Waals surface area contributed by atoms with Gasteiger partial charge in [0.25, 0.3) is 0 Å². The van der Waals surface area contributed by atoms with Crippen LogP contribution in [-0.2, 0) is 4.79 Å². The summed E-state index contributed by atoms with van der Waals surface area (Å²) in [4.78, 5) is 10.1. The summed E-state index contributed by atoms with van der Waals surface area (Å²) in [5.41, 5.74) is 0. The molecule has 0 radical (unpaired) electrons. The van der Waals surface area contributed by atoms with Crippen LogP contribution in [0.25, 0.3) is 0 Å². The Labute approximate surface area is 91.7 Å². The summed E-state index contributed by atoms with van der Waals surface area (Å²) in [6.45, 7) is 1.37. The van der Waals surface area contributed by atoms with Crippen molar-refractivity contribution in [3.05, 3.63) is 24.3 Å². The maximum absolute atomic E-state index is 11.3. The van der Waals surface area contributed by atoms with E-state index in [0.717, 1.165) is 0 Å². The first-order valence-corrected chi connectivity index (χ1v) is 4.71. The van der Waals surface area contributed by atoms with E-state index in [1.807, 2.05) is 0 Å². The molecule has 14 heavy (non-hydrogen) atoms. The van der Waals surface area contributed by atoms with Gasteiger partial charge in [0.2, 0.25) is 0 Å². The predicted octanol–water partition coefficient (Wildman–Crippen LogP) is 2.32. The summed E-state index contributed by atoms with van der Waals surface area (Å²) in [5.74, 6) is -0.857. The van der Waals surface area contributed by atoms with Crippen molar-refractivity contribution in [1.82, 2.24) is 0 Å². The molecule has 0 bridgehead atoms. The number of hydrogen-bond donors (Lipinski definition) is 1. The van der Waals surface area contributed by atoms with Gasteiger partial charge in [-0.15, -0.1) is 11.6 Å². The lowest BCUT2D eigenvalue weighted by Crippen LogP contribution is -2.40. The van der Waals surface area contributed by atoms with Gasteiger partial charge < -0.3 is 5.21 Å². The van der Waals surface area contributed by atoms with Crippen LogP contribution in [0.4, 0.5) is 0 Å². The van der Waals surface area contributed by atoms with E-state index in [4.69, 9.17) is 28.4 Å². The molecule has 0 spiro atoms. The van der Waals surface area contributed by atoms with Crippen molar-refractivity contribution in [2.24, 2.45) is 11.1 Å². The Hall–Kier alpha value is -0.800. The van der Waals surface area contributed by atoms with E-state index in [1.54, 1.807) is 18.2 Å². The van der Waals surface area contributed by atoms with E-state index in [1.165, 1.54) is 13.0 Å². The minimum absolute atomic E-state index is 0.101. The quantitative estimate of drug-likeness (QED) is 0.345. The van der Waals surface area contributed by atoms with E-state index in [-0.39, 0.29) is 11.0 Å². The third-order valence-corrected chi connectivity index (χ3v) is 3.04. The molecule has 3 nitrogen and oxygen atoms in total. The Balaban J connectivity index is 3.10. The standard InChI is InChI=1S/C9H9Cl2NO2/c1-6(13)9(11)5-3-2-4-7(9)8(10)12-14/h2-5,7,14H,1H3. The van der Waals surface area contributed by atoms with Crippen molar-refractivity contribution in [1.29, 1.82) is 0 Å². The van der Waals surface area contributed by atoms with Crippen LogP contribution in [0.5, 0.6) is 0 Å². The molecule has 5 heteroatoms. The summed E-state index contributed by atoms with van der Waals surface area (Å²) in [5, 5.41) is 11.3. The molecule has 2 atom stereocenters. The molecule has 1 rings (SSSR count). The maximum atomic E-state index is 11.3. The Morgan fingerprint density at radius 1 is 1.57 bits per heavy atom. The molecule has 0 amide bonds. The summed E-state index contributed by atoms with van der Waals surface area (Å²) in [6.07, 6.45) is 6.51. The highest BCUT2D eigenvalue weighted by molar-refractivity contribution is 6.67. The van der Waals surface area contributed by atoms with Gasteiger partial charge in [-0.05, 0) is 6.92 Å². The van der Waals surface area contributed by atoms with Crippen LogP contribution >= 0.6 is 23.2 Å². The minimum atomic E-state index is -1.24. The van der Waals surface area contributed by atoms with Gasteiger partial charge in [0.15, 0.2) is 11.0 Å². The van der Waals surface area contributed by atoms with Crippen LogP contribution in [0.15, 0.2) is 29.5 Å². The number of rotatable bonds is 2. The monoisotopic (exact) mass is 233 g/mol. The molecule has 0 heterocycles. The van der Waals surface area contributed by atoms with E-state index in [9.17, 15) is 4.79 Å². The molecule has 1 N–H and O–H groups in total. The fraction of sp³-hybridized carbons (Fsp3) is 0.333. The molecule has 76 valence electrons. The molecule has 2 unspecified atom stereocenters. The van der Waals surface area contributed by atoms with Gasteiger partial charge in [-0.3, -0.25) is 4.79 Å². The van der Waals surface area contributed by atoms with Crippen molar-refractivity contribution in [2.45, 2.75) is 11.8 Å². The van der Waals surface area contributed by atoms with Crippen LogP contribution < -0.4 is 0 Å². The van der Waals surface area contributed by atoms with Gasteiger partial charge >= 0.3 is 0 Å². The highest BCUT2D eigenvalue weighted by Crippen LogP contribution is 2.34. The smallest absolute Gasteiger partial charge is 0.155 e. The van der Waals surface area contributed by atoms with Crippen molar-refractivity contribution < 1.29 is 10.0 Å². The average Bonchev–Trinajstić information content (AvgIpc) is 2.17. The number of carbonyl (C=O) groups excluding carboxylic acids is 1. The number of halogens is 2. The van der Waals surface area contributed by atoms with Gasteiger partial charge in [-0.25, -0.2) is 0 Å². The second-order valence-corrected chi connectivity index (χ2v) is 3.98. The largest absolute Gasteiger partial charge is 0.410 e. The van der Waals surface area contributed by atoms with Crippen LogP contribution in [0, 0.1) is 5.92 Å². The summed E-state index contributed by atoms with van der Waals surface area (Å²) in [7, 11) is 0. The number of hydrogen-bond acceptors (Lipinski definition) is 3. The van der Waals surface area contributed by atoms with Crippen molar-refractivity contribution in [3.8, 4) is 0 Å². The molecule has 0 aliphatic heterocycles. The number of alkyl halides is 1. The highest BCUT2D eigenvalue weighted by atomic mass is 35.5. The molecule has 0 fully saturated rings. The first-order chi connectivity index (χ1) is 6.52. The van der Waals surface area contributed by atoms with Crippen molar-refractivity contribution in [3.63, 3.8) is 0 Å². The third kappa shape index (κ3) is 1.83. The summed E-state index contributed by atoms with van der Waals surface area (Å²) >= 11 is 11.7. The topological polar surface area (TPSA) is 49.7 Å². The first kappa shape index (κ1) is 11.3. The van der Waals surface area contributed by atoms with Crippen LogP contribution in [0.1, 0.15) is 6.92 Å². The molecular weight excluding hydrogens is 225 g/mol. The van der Waals surface area contributed by atoms with E-state index in [2.05, 4.69) is 5.16 Å². The summed E-state index contributed by atoms with van der Waals surface area (Å²) in [6, 6.07) is 0. The van der Waals surface area contributed by atoms with Gasteiger partial charge in [0, 0.05) is 0 Å². The molecule has 0 aromatic heterocycles. The normalized spacial score (nSPS) is 31.9. The molecule has 0 saturated heterocycles. The number of ketones is 1. The Morgan fingerprint density at radius 3 is 2.71 bits per heavy atom. The molecule has 1 aliphatic rings. The van der Waals surface area contributed by atoms with Crippen molar-refractivity contribution >= 4 is 34.2 Å². The summed E-state index contributed by atoms with van der Waals surface area (Å²) < 4.78 is 0. The molecule has 0 saturated carbocycles. The average molecular weight is 234 g/mol. The van der Waals surface area contributed by atoms with Gasteiger partial charge in [0.05, 0.1) is 5.92 Å². The minimum Gasteiger partial charge on any atom is -0.410 e. The van der Waals surface area contributed by atoms with Crippen LogP contribution in [0.3, 0.4) is 0 Å². The molecule has 0 aromatic rings. The zero-order chi connectivity index (χ0) is 10.8.